The first-order valence-corrected chi connectivity index (χ1v) is 10.1. The fourth-order valence-corrected chi connectivity index (χ4v) is 5.22. The first-order chi connectivity index (χ1) is 12.0. The topological polar surface area (TPSA) is 0 Å². The van der Waals surface area contributed by atoms with Gasteiger partial charge in [0.25, 0.3) is 0 Å². The molecule has 2 fully saturated rings. The molecule has 1 aromatic rings. The minimum atomic E-state index is -4.23. The molecule has 140 valence electrons. The van der Waals surface area contributed by atoms with E-state index in [4.69, 9.17) is 0 Å². The van der Waals surface area contributed by atoms with Crippen LogP contribution in [-0.4, -0.2) is 0 Å². The standard InChI is InChI=1S/C22H31F3/c1-2-3-16-4-6-17(7-5-16)18-8-10-19(11-9-18)20-12-14-21(15-13-20)22(23,24)25/h12-19H,2-11H2,1H3/t16-,17-,18?,19?. The zero-order valence-electron chi connectivity index (χ0n) is 15.3. The highest BCUT2D eigenvalue weighted by molar-refractivity contribution is 5.27. The van der Waals surface area contributed by atoms with Gasteiger partial charge in [-0.2, -0.15) is 13.2 Å². The molecule has 0 unspecified atom stereocenters. The summed E-state index contributed by atoms with van der Waals surface area (Å²) in [5.74, 6) is 3.18. The van der Waals surface area contributed by atoms with Crippen molar-refractivity contribution in [3.63, 3.8) is 0 Å². The zero-order valence-corrected chi connectivity index (χ0v) is 15.3. The molecule has 1 aromatic carbocycles. The Morgan fingerprint density at radius 1 is 0.800 bits per heavy atom. The van der Waals surface area contributed by atoms with Crippen LogP contribution in [-0.2, 0) is 6.18 Å². The summed E-state index contributed by atoms with van der Waals surface area (Å²) in [7, 11) is 0. The fraction of sp³-hybridized carbons (Fsp3) is 0.727. The van der Waals surface area contributed by atoms with Gasteiger partial charge in [-0.1, -0.05) is 44.7 Å². The summed E-state index contributed by atoms with van der Waals surface area (Å²) < 4.78 is 38.1. The summed E-state index contributed by atoms with van der Waals surface area (Å²) in [4.78, 5) is 0. The maximum atomic E-state index is 12.7. The lowest BCUT2D eigenvalue weighted by atomic mass is 9.68. The molecular weight excluding hydrogens is 321 g/mol. The smallest absolute Gasteiger partial charge is 0.166 e. The first-order valence-electron chi connectivity index (χ1n) is 10.1. The van der Waals surface area contributed by atoms with E-state index in [9.17, 15) is 13.2 Å². The summed E-state index contributed by atoms with van der Waals surface area (Å²) in [6.07, 6.45) is 8.92. The van der Waals surface area contributed by atoms with Crippen molar-refractivity contribution >= 4 is 0 Å². The molecule has 2 aliphatic carbocycles. The van der Waals surface area contributed by atoms with Gasteiger partial charge in [0.05, 0.1) is 5.56 Å². The third-order valence-electron chi connectivity index (χ3n) is 6.74. The van der Waals surface area contributed by atoms with E-state index < -0.39 is 11.7 Å². The van der Waals surface area contributed by atoms with Gasteiger partial charge in [-0.25, -0.2) is 0 Å². The number of benzene rings is 1. The van der Waals surface area contributed by atoms with Gasteiger partial charge >= 0.3 is 6.18 Å². The second-order valence-electron chi connectivity index (χ2n) is 8.30. The van der Waals surface area contributed by atoms with E-state index in [-0.39, 0.29) is 0 Å². The zero-order chi connectivity index (χ0) is 17.9. The molecule has 0 radical (unpaired) electrons. The Bertz CT molecular complexity index is 515. The third-order valence-corrected chi connectivity index (χ3v) is 6.74. The minimum Gasteiger partial charge on any atom is -0.166 e. The molecule has 2 saturated carbocycles. The van der Waals surface area contributed by atoms with E-state index in [2.05, 4.69) is 6.92 Å². The number of halogens is 3. The summed E-state index contributed by atoms with van der Waals surface area (Å²) in [5.41, 5.74) is 0.562. The van der Waals surface area contributed by atoms with E-state index in [1.165, 1.54) is 63.5 Å². The molecule has 0 saturated heterocycles. The lowest BCUT2D eigenvalue weighted by Gasteiger charge is -2.38. The van der Waals surface area contributed by atoms with Crippen LogP contribution in [0.25, 0.3) is 0 Å². The molecule has 3 rings (SSSR count). The highest BCUT2D eigenvalue weighted by atomic mass is 19.4. The SMILES string of the molecule is CCC[C@H]1CC[C@H](C2CCC(c3ccc(C(F)(F)F)cc3)CC2)CC1. The third kappa shape index (κ3) is 4.80. The molecule has 0 aliphatic heterocycles. The van der Waals surface area contributed by atoms with Crippen molar-refractivity contribution in [2.75, 3.05) is 0 Å². The van der Waals surface area contributed by atoms with Crippen LogP contribution < -0.4 is 0 Å². The molecule has 0 spiro atoms. The van der Waals surface area contributed by atoms with Gasteiger partial charge in [0.1, 0.15) is 0 Å². The molecule has 0 aromatic heterocycles. The molecule has 0 atom stereocenters. The van der Waals surface area contributed by atoms with Crippen LogP contribution in [0, 0.1) is 17.8 Å². The molecule has 0 bridgehead atoms. The number of alkyl halides is 3. The molecule has 0 N–H and O–H groups in total. The van der Waals surface area contributed by atoms with Crippen LogP contribution in [0.2, 0.25) is 0 Å². The van der Waals surface area contributed by atoms with E-state index in [1.807, 2.05) is 0 Å². The van der Waals surface area contributed by atoms with E-state index in [1.54, 1.807) is 12.1 Å². The van der Waals surface area contributed by atoms with Crippen LogP contribution in [0.5, 0.6) is 0 Å². The maximum Gasteiger partial charge on any atom is 0.416 e. The lowest BCUT2D eigenvalue weighted by Crippen LogP contribution is -2.25. The predicted molar refractivity (Wildman–Crippen MR) is 96.5 cm³/mol. The molecule has 25 heavy (non-hydrogen) atoms. The van der Waals surface area contributed by atoms with Crippen LogP contribution >= 0.6 is 0 Å². The minimum absolute atomic E-state index is 0.454. The van der Waals surface area contributed by atoms with Gasteiger partial charge in [-0.15, -0.1) is 0 Å². The number of rotatable bonds is 4. The molecule has 3 heteroatoms. The van der Waals surface area contributed by atoms with Crippen molar-refractivity contribution < 1.29 is 13.2 Å². The fourth-order valence-electron chi connectivity index (χ4n) is 5.22. The molecule has 2 aliphatic rings. The summed E-state index contributed by atoms with van der Waals surface area (Å²) in [6.45, 7) is 2.29. The Morgan fingerprint density at radius 2 is 1.32 bits per heavy atom. The van der Waals surface area contributed by atoms with Crippen LogP contribution in [0.1, 0.15) is 88.2 Å². The second-order valence-corrected chi connectivity index (χ2v) is 8.30. The highest BCUT2D eigenvalue weighted by Gasteiger charge is 2.32. The summed E-state index contributed by atoms with van der Waals surface area (Å²) >= 11 is 0. The van der Waals surface area contributed by atoms with Crippen molar-refractivity contribution in [1.82, 2.24) is 0 Å². The van der Waals surface area contributed by atoms with E-state index >= 15 is 0 Å². The molecule has 0 heterocycles. The van der Waals surface area contributed by atoms with Crippen LogP contribution in [0.15, 0.2) is 24.3 Å². The number of hydrogen-bond donors (Lipinski definition) is 0. The average Bonchev–Trinajstić information content (AvgIpc) is 2.62. The molecule has 0 nitrogen and oxygen atoms in total. The Balaban J connectivity index is 1.49. The second kappa shape index (κ2) is 8.14. The number of hydrogen-bond acceptors (Lipinski definition) is 0. The van der Waals surface area contributed by atoms with Crippen molar-refractivity contribution in [3.8, 4) is 0 Å². The van der Waals surface area contributed by atoms with E-state index in [0.29, 0.717) is 5.92 Å². The van der Waals surface area contributed by atoms with Gasteiger partial charge in [0.15, 0.2) is 0 Å². The van der Waals surface area contributed by atoms with Crippen LogP contribution in [0.4, 0.5) is 13.2 Å². The van der Waals surface area contributed by atoms with Gasteiger partial charge < -0.3 is 0 Å². The normalized spacial score (nSPS) is 31.0. The Morgan fingerprint density at radius 3 is 1.80 bits per heavy atom. The van der Waals surface area contributed by atoms with Crippen molar-refractivity contribution in [3.05, 3.63) is 35.4 Å². The summed E-state index contributed by atoms with van der Waals surface area (Å²) in [6, 6.07) is 5.89. The largest absolute Gasteiger partial charge is 0.416 e. The first kappa shape index (κ1) is 18.8. The Kier molecular flexibility index (Phi) is 6.12. The monoisotopic (exact) mass is 352 g/mol. The predicted octanol–water partition coefficient (Wildman–Crippen LogP) is 7.59. The Hall–Kier alpha value is -0.990. The van der Waals surface area contributed by atoms with Crippen molar-refractivity contribution in [1.29, 1.82) is 0 Å². The van der Waals surface area contributed by atoms with Gasteiger partial charge in [-0.3, -0.25) is 0 Å². The van der Waals surface area contributed by atoms with Crippen LogP contribution in [0.3, 0.4) is 0 Å². The summed E-state index contributed by atoms with van der Waals surface area (Å²) in [5, 5.41) is 0. The van der Waals surface area contributed by atoms with Crippen molar-refractivity contribution in [2.24, 2.45) is 17.8 Å². The van der Waals surface area contributed by atoms with Gasteiger partial charge in [0, 0.05) is 0 Å². The lowest BCUT2D eigenvalue weighted by molar-refractivity contribution is -0.137. The van der Waals surface area contributed by atoms with Gasteiger partial charge in [0.2, 0.25) is 0 Å². The van der Waals surface area contributed by atoms with E-state index in [0.717, 1.165) is 36.2 Å². The Labute approximate surface area is 150 Å². The maximum absolute atomic E-state index is 12.7. The quantitative estimate of drug-likeness (QED) is 0.524. The molecule has 0 amide bonds. The molecular formula is C22H31F3. The van der Waals surface area contributed by atoms with Gasteiger partial charge in [-0.05, 0) is 79.9 Å². The highest BCUT2D eigenvalue weighted by Crippen LogP contribution is 2.44. The average molecular weight is 352 g/mol. The van der Waals surface area contributed by atoms with Crippen molar-refractivity contribution in [2.45, 2.75) is 83.2 Å².